The Balaban J connectivity index is 2.00. The van der Waals surface area contributed by atoms with Gasteiger partial charge in [0.2, 0.25) is 5.91 Å². The van der Waals surface area contributed by atoms with E-state index in [0.29, 0.717) is 31.7 Å². The molecule has 5 nitrogen and oxygen atoms in total. The summed E-state index contributed by atoms with van der Waals surface area (Å²) in [5.41, 5.74) is 5.82. The van der Waals surface area contributed by atoms with Crippen LogP contribution in [0.5, 0.6) is 0 Å². The summed E-state index contributed by atoms with van der Waals surface area (Å²) in [6, 6.07) is 3.98. The molecule has 0 spiro atoms. The highest BCUT2D eigenvalue weighted by molar-refractivity contribution is 5.95. The fourth-order valence-corrected chi connectivity index (χ4v) is 2.35. The van der Waals surface area contributed by atoms with Crippen LogP contribution in [-0.4, -0.2) is 47.8 Å². The summed E-state index contributed by atoms with van der Waals surface area (Å²) in [4.78, 5) is 27.6. The van der Waals surface area contributed by atoms with Crippen LogP contribution in [0.1, 0.15) is 24.2 Å². The van der Waals surface area contributed by atoms with Crippen LogP contribution in [-0.2, 0) is 4.79 Å². The van der Waals surface area contributed by atoms with E-state index in [1.165, 1.54) is 18.2 Å². The quantitative estimate of drug-likeness (QED) is 0.837. The summed E-state index contributed by atoms with van der Waals surface area (Å²) in [5, 5.41) is 0. The molecule has 0 aromatic heterocycles. The molecule has 1 saturated heterocycles. The SMILES string of the molecule is CC(C)C(=O)N1CCN(C(=O)c2ccc(F)c(N)c2)CC1. The predicted octanol–water partition coefficient (Wildman–Crippen LogP) is 1.35. The minimum absolute atomic E-state index is 0.0329. The zero-order chi connectivity index (χ0) is 15.6. The van der Waals surface area contributed by atoms with E-state index in [-0.39, 0.29) is 23.4 Å². The monoisotopic (exact) mass is 293 g/mol. The van der Waals surface area contributed by atoms with Gasteiger partial charge in [-0.2, -0.15) is 0 Å². The number of rotatable bonds is 2. The van der Waals surface area contributed by atoms with E-state index in [1.54, 1.807) is 9.80 Å². The Morgan fingerprint density at radius 1 is 1.14 bits per heavy atom. The lowest BCUT2D eigenvalue weighted by Gasteiger charge is -2.35. The zero-order valence-electron chi connectivity index (χ0n) is 12.3. The first-order valence-corrected chi connectivity index (χ1v) is 7.03. The van der Waals surface area contributed by atoms with Gasteiger partial charge in [-0.3, -0.25) is 9.59 Å². The molecule has 114 valence electrons. The van der Waals surface area contributed by atoms with Crippen molar-refractivity contribution in [3.8, 4) is 0 Å². The molecule has 0 bridgehead atoms. The minimum Gasteiger partial charge on any atom is -0.396 e. The lowest BCUT2D eigenvalue weighted by molar-refractivity contribution is -0.135. The first-order valence-electron chi connectivity index (χ1n) is 7.03. The maximum Gasteiger partial charge on any atom is 0.254 e. The van der Waals surface area contributed by atoms with Crippen molar-refractivity contribution < 1.29 is 14.0 Å². The van der Waals surface area contributed by atoms with E-state index in [0.717, 1.165) is 0 Å². The summed E-state index contributed by atoms with van der Waals surface area (Å²) in [6.07, 6.45) is 0. The van der Waals surface area contributed by atoms with Gasteiger partial charge < -0.3 is 15.5 Å². The van der Waals surface area contributed by atoms with Crippen molar-refractivity contribution in [1.29, 1.82) is 0 Å². The first kappa shape index (κ1) is 15.3. The number of amides is 2. The van der Waals surface area contributed by atoms with Gasteiger partial charge in [-0.1, -0.05) is 13.8 Å². The fourth-order valence-electron chi connectivity index (χ4n) is 2.35. The Labute approximate surface area is 123 Å². The van der Waals surface area contributed by atoms with Crippen LogP contribution in [0, 0.1) is 11.7 Å². The number of nitrogens with two attached hydrogens (primary N) is 1. The molecule has 21 heavy (non-hydrogen) atoms. The van der Waals surface area contributed by atoms with Gasteiger partial charge in [0.25, 0.3) is 5.91 Å². The highest BCUT2D eigenvalue weighted by Gasteiger charge is 2.26. The van der Waals surface area contributed by atoms with E-state index in [2.05, 4.69) is 0 Å². The Kier molecular flexibility index (Phi) is 4.45. The number of hydrogen-bond donors (Lipinski definition) is 1. The molecular weight excluding hydrogens is 273 g/mol. The molecule has 2 amide bonds. The molecule has 1 aromatic rings. The van der Waals surface area contributed by atoms with E-state index in [4.69, 9.17) is 5.73 Å². The lowest BCUT2D eigenvalue weighted by atomic mass is 10.1. The van der Waals surface area contributed by atoms with Crippen LogP contribution in [0.3, 0.4) is 0 Å². The summed E-state index contributed by atoms with van der Waals surface area (Å²) in [6.45, 7) is 5.74. The van der Waals surface area contributed by atoms with Crippen LogP contribution in [0.2, 0.25) is 0 Å². The van der Waals surface area contributed by atoms with Crippen molar-refractivity contribution in [2.45, 2.75) is 13.8 Å². The number of nitrogen functional groups attached to an aromatic ring is 1. The summed E-state index contributed by atoms with van der Waals surface area (Å²) in [7, 11) is 0. The fraction of sp³-hybridized carbons (Fsp3) is 0.467. The molecule has 1 aromatic carbocycles. The maximum absolute atomic E-state index is 13.1. The van der Waals surface area contributed by atoms with Gasteiger partial charge in [0, 0.05) is 37.7 Å². The van der Waals surface area contributed by atoms with Crippen LogP contribution in [0.25, 0.3) is 0 Å². The third-order valence-corrected chi connectivity index (χ3v) is 3.62. The number of hydrogen-bond acceptors (Lipinski definition) is 3. The van der Waals surface area contributed by atoms with Gasteiger partial charge in [0.1, 0.15) is 5.82 Å². The number of carbonyl (C=O) groups is 2. The van der Waals surface area contributed by atoms with E-state index >= 15 is 0 Å². The molecule has 0 saturated carbocycles. The van der Waals surface area contributed by atoms with E-state index < -0.39 is 5.82 Å². The van der Waals surface area contributed by atoms with Crippen molar-refractivity contribution in [1.82, 2.24) is 9.80 Å². The van der Waals surface area contributed by atoms with Crippen LogP contribution in [0.15, 0.2) is 18.2 Å². The molecule has 6 heteroatoms. The van der Waals surface area contributed by atoms with Crippen LogP contribution < -0.4 is 5.73 Å². The summed E-state index contributed by atoms with van der Waals surface area (Å²) < 4.78 is 13.1. The summed E-state index contributed by atoms with van der Waals surface area (Å²) in [5.74, 6) is -0.644. The van der Waals surface area contributed by atoms with Crippen molar-refractivity contribution in [3.05, 3.63) is 29.6 Å². The van der Waals surface area contributed by atoms with Gasteiger partial charge in [-0.25, -0.2) is 4.39 Å². The second-order valence-electron chi connectivity index (χ2n) is 5.51. The number of halogens is 1. The maximum atomic E-state index is 13.1. The average molecular weight is 293 g/mol. The number of piperazine rings is 1. The van der Waals surface area contributed by atoms with Crippen molar-refractivity contribution >= 4 is 17.5 Å². The molecule has 1 heterocycles. The normalized spacial score (nSPS) is 15.4. The standard InChI is InChI=1S/C15H20FN3O2/c1-10(2)14(20)18-5-7-19(8-6-18)15(21)11-3-4-12(16)13(17)9-11/h3-4,9-10H,5-8,17H2,1-2H3. The Morgan fingerprint density at radius 3 is 2.24 bits per heavy atom. The summed E-state index contributed by atoms with van der Waals surface area (Å²) >= 11 is 0. The molecule has 1 fully saturated rings. The highest BCUT2D eigenvalue weighted by Crippen LogP contribution is 2.15. The third kappa shape index (κ3) is 3.32. The molecule has 1 aliphatic heterocycles. The molecule has 0 aliphatic carbocycles. The molecule has 0 radical (unpaired) electrons. The average Bonchev–Trinajstić information content (AvgIpc) is 2.48. The third-order valence-electron chi connectivity index (χ3n) is 3.62. The largest absolute Gasteiger partial charge is 0.396 e. The number of carbonyl (C=O) groups excluding carboxylic acids is 2. The molecule has 2 rings (SSSR count). The highest BCUT2D eigenvalue weighted by atomic mass is 19.1. The van der Waals surface area contributed by atoms with Crippen LogP contribution in [0.4, 0.5) is 10.1 Å². The van der Waals surface area contributed by atoms with E-state index in [1.807, 2.05) is 13.8 Å². The zero-order valence-corrected chi connectivity index (χ0v) is 12.3. The number of benzene rings is 1. The first-order chi connectivity index (χ1) is 9.90. The van der Waals surface area contributed by atoms with Crippen molar-refractivity contribution in [3.63, 3.8) is 0 Å². The van der Waals surface area contributed by atoms with Gasteiger partial charge in [-0.15, -0.1) is 0 Å². The Hall–Kier alpha value is -2.11. The second kappa shape index (κ2) is 6.11. The van der Waals surface area contributed by atoms with Crippen LogP contribution >= 0.6 is 0 Å². The van der Waals surface area contributed by atoms with E-state index in [9.17, 15) is 14.0 Å². The van der Waals surface area contributed by atoms with Gasteiger partial charge in [-0.05, 0) is 18.2 Å². The molecule has 1 aliphatic rings. The smallest absolute Gasteiger partial charge is 0.254 e. The molecule has 2 N–H and O–H groups in total. The second-order valence-corrected chi connectivity index (χ2v) is 5.51. The van der Waals surface area contributed by atoms with Gasteiger partial charge >= 0.3 is 0 Å². The molecular formula is C15H20FN3O2. The Morgan fingerprint density at radius 2 is 1.71 bits per heavy atom. The number of anilines is 1. The van der Waals surface area contributed by atoms with Crippen molar-refractivity contribution in [2.75, 3.05) is 31.9 Å². The van der Waals surface area contributed by atoms with Gasteiger partial charge in [0.05, 0.1) is 5.69 Å². The van der Waals surface area contributed by atoms with Gasteiger partial charge in [0.15, 0.2) is 0 Å². The Bertz CT molecular complexity index is 552. The minimum atomic E-state index is -0.529. The number of nitrogens with zero attached hydrogens (tertiary/aromatic N) is 2. The van der Waals surface area contributed by atoms with Crippen molar-refractivity contribution in [2.24, 2.45) is 5.92 Å². The topological polar surface area (TPSA) is 66.6 Å². The lowest BCUT2D eigenvalue weighted by Crippen LogP contribution is -2.51. The predicted molar refractivity (Wildman–Crippen MR) is 78.1 cm³/mol. The molecule has 0 atom stereocenters. The molecule has 0 unspecified atom stereocenters.